The Morgan fingerprint density at radius 1 is 0.974 bits per heavy atom. The molecular formula is C32H50N4O2. The van der Waals surface area contributed by atoms with Gasteiger partial charge in [-0.05, 0) is 67.0 Å². The van der Waals surface area contributed by atoms with Crippen LogP contribution in [0.25, 0.3) is 11.1 Å². The molecule has 0 radical (unpaired) electrons. The zero-order chi connectivity index (χ0) is 27.8. The van der Waals surface area contributed by atoms with E-state index in [0.717, 1.165) is 42.7 Å². The summed E-state index contributed by atoms with van der Waals surface area (Å²) >= 11 is 0. The summed E-state index contributed by atoms with van der Waals surface area (Å²) in [6.07, 6.45) is 13.7. The summed E-state index contributed by atoms with van der Waals surface area (Å²) in [4.78, 5) is 12.5. The maximum absolute atomic E-state index is 12.5. The largest absolute Gasteiger partial charge is 0.490 e. The number of unbranched alkanes of at least 4 members (excludes halogenated alkanes) is 1. The Hall–Kier alpha value is -2.99. The smallest absolute Gasteiger partial charge is 0.273 e. The molecule has 5 N–H and O–H groups in total. The van der Waals surface area contributed by atoms with Crippen molar-refractivity contribution >= 4 is 11.6 Å². The third-order valence-corrected chi connectivity index (χ3v) is 6.88. The Morgan fingerprint density at radius 2 is 1.58 bits per heavy atom. The molecule has 1 aliphatic rings. The highest BCUT2D eigenvalue weighted by Gasteiger charge is 2.16. The molecule has 210 valence electrons. The van der Waals surface area contributed by atoms with Gasteiger partial charge in [0.15, 0.2) is 0 Å². The normalized spacial score (nSPS) is 14.7. The van der Waals surface area contributed by atoms with E-state index in [2.05, 4.69) is 31.3 Å². The molecule has 1 unspecified atom stereocenters. The number of hydrogen-bond acceptors (Lipinski definition) is 5. The van der Waals surface area contributed by atoms with E-state index in [1.165, 1.54) is 51.1 Å². The summed E-state index contributed by atoms with van der Waals surface area (Å²) in [6.45, 7) is 9.14. The second kappa shape index (κ2) is 17.5. The third-order valence-electron chi connectivity index (χ3n) is 6.88. The fourth-order valence-electron chi connectivity index (χ4n) is 4.84. The van der Waals surface area contributed by atoms with E-state index in [4.69, 9.17) is 16.3 Å². The first-order chi connectivity index (χ1) is 18.5. The molecule has 1 atom stereocenters. The van der Waals surface area contributed by atoms with Gasteiger partial charge in [-0.25, -0.2) is 5.84 Å². The molecule has 0 spiro atoms. The summed E-state index contributed by atoms with van der Waals surface area (Å²) in [5.74, 6) is 7.21. The van der Waals surface area contributed by atoms with Gasteiger partial charge in [-0.1, -0.05) is 90.5 Å². The third kappa shape index (κ3) is 10.8. The van der Waals surface area contributed by atoms with Crippen LogP contribution in [0.1, 0.15) is 91.9 Å². The van der Waals surface area contributed by atoms with Crippen LogP contribution >= 0.6 is 0 Å². The molecule has 2 aromatic rings. The lowest BCUT2D eigenvalue weighted by Gasteiger charge is -2.25. The van der Waals surface area contributed by atoms with Crippen molar-refractivity contribution in [2.75, 3.05) is 11.9 Å². The number of nitrogens with zero attached hydrogens (tertiary/aromatic N) is 1. The first-order valence-corrected chi connectivity index (χ1v) is 14.7. The Bertz CT molecular complexity index is 950. The lowest BCUT2D eigenvalue weighted by Crippen LogP contribution is -2.34. The minimum atomic E-state index is -0.354. The van der Waals surface area contributed by atoms with Crippen molar-refractivity contribution in [1.82, 2.24) is 5.01 Å². The first kappa shape index (κ1) is 31.2. The summed E-state index contributed by atoms with van der Waals surface area (Å²) in [7, 11) is 0. The highest BCUT2D eigenvalue weighted by molar-refractivity contribution is 6.03. The summed E-state index contributed by atoms with van der Waals surface area (Å²) in [5, 5.41) is 4.41. The number of anilines is 1. The Morgan fingerprint density at radius 3 is 2.16 bits per heavy atom. The van der Waals surface area contributed by atoms with Gasteiger partial charge in [0.1, 0.15) is 11.4 Å². The maximum atomic E-state index is 12.5. The van der Waals surface area contributed by atoms with Crippen LogP contribution < -0.4 is 21.6 Å². The standard InChI is InChI=1S/C30H44N4O2.C2H6/c1-3-5-12-27(9-4-2)36-28-19-15-25(16-20-28)24-13-17-26(18-14-24)33-30(35)29(31)22-34(32)21-23-10-7-6-8-11-23;1-2/h13-20,22-23,27H,3-12,21,31-32H2,1-2H3,(H,33,35);1-2H3/b29-22-;. The number of hydrogen-bond donors (Lipinski definition) is 3. The Balaban J connectivity index is 0.00000247. The molecule has 1 amide bonds. The van der Waals surface area contributed by atoms with Crippen molar-refractivity contribution in [3.8, 4) is 16.9 Å². The van der Waals surface area contributed by atoms with Crippen LogP contribution in [0.4, 0.5) is 5.69 Å². The quantitative estimate of drug-likeness (QED) is 0.143. The number of hydrazine groups is 1. The average molecular weight is 523 g/mol. The van der Waals surface area contributed by atoms with Gasteiger partial charge in [0.05, 0.1) is 6.10 Å². The Labute approximate surface area is 230 Å². The van der Waals surface area contributed by atoms with E-state index in [-0.39, 0.29) is 17.7 Å². The van der Waals surface area contributed by atoms with Gasteiger partial charge in [0, 0.05) is 18.4 Å². The molecule has 1 aliphatic carbocycles. The number of nitrogens with one attached hydrogen (secondary N) is 1. The number of carbonyl (C=O) groups excluding carboxylic acids is 1. The molecule has 1 saturated carbocycles. The SMILES string of the molecule is CC.CCCCC(CCC)Oc1ccc(-c2ccc(NC(=O)/C(N)=C/N(N)CC3CCCCC3)cc2)cc1. The highest BCUT2D eigenvalue weighted by Crippen LogP contribution is 2.26. The van der Waals surface area contributed by atoms with E-state index >= 15 is 0 Å². The van der Waals surface area contributed by atoms with E-state index in [1.807, 2.05) is 50.2 Å². The summed E-state index contributed by atoms with van der Waals surface area (Å²) in [5.41, 5.74) is 8.96. The number of amides is 1. The molecule has 2 aromatic carbocycles. The first-order valence-electron chi connectivity index (χ1n) is 14.7. The lowest BCUT2D eigenvalue weighted by molar-refractivity contribution is -0.113. The van der Waals surface area contributed by atoms with Crippen molar-refractivity contribution in [2.24, 2.45) is 17.5 Å². The second-order valence-electron chi connectivity index (χ2n) is 10.0. The van der Waals surface area contributed by atoms with Gasteiger partial charge < -0.3 is 20.8 Å². The maximum Gasteiger partial charge on any atom is 0.273 e. The van der Waals surface area contributed by atoms with E-state index in [0.29, 0.717) is 11.6 Å². The van der Waals surface area contributed by atoms with Crippen LogP contribution in [-0.4, -0.2) is 23.6 Å². The van der Waals surface area contributed by atoms with E-state index in [1.54, 1.807) is 5.01 Å². The topological polar surface area (TPSA) is 93.6 Å². The molecule has 0 saturated heterocycles. The van der Waals surface area contributed by atoms with Crippen molar-refractivity contribution in [3.63, 3.8) is 0 Å². The molecule has 0 bridgehead atoms. The minimum Gasteiger partial charge on any atom is -0.490 e. The molecule has 0 heterocycles. The van der Waals surface area contributed by atoms with Gasteiger partial charge in [-0.15, -0.1) is 0 Å². The van der Waals surface area contributed by atoms with Crippen LogP contribution in [0.15, 0.2) is 60.4 Å². The zero-order valence-corrected chi connectivity index (χ0v) is 24.0. The summed E-state index contributed by atoms with van der Waals surface area (Å²) in [6, 6.07) is 16.0. The predicted octanol–water partition coefficient (Wildman–Crippen LogP) is 7.61. The van der Waals surface area contributed by atoms with Crippen molar-refractivity contribution in [3.05, 3.63) is 60.4 Å². The van der Waals surface area contributed by atoms with Crippen LogP contribution in [0.5, 0.6) is 5.75 Å². The molecule has 0 aromatic heterocycles. The number of ether oxygens (including phenoxy) is 1. The van der Waals surface area contributed by atoms with E-state index in [9.17, 15) is 4.79 Å². The van der Waals surface area contributed by atoms with Gasteiger partial charge >= 0.3 is 0 Å². The van der Waals surface area contributed by atoms with Gasteiger partial charge in [-0.3, -0.25) is 4.79 Å². The number of benzene rings is 2. The average Bonchev–Trinajstić information content (AvgIpc) is 2.94. The molecular weight excluding hydrogens is 472 g/mol. The van der Waals surface area contributed by atoms with Crippen LogP contribution in [0.2, 0.25) is 0 Å². The fraction of sp³-hybridized carbons (Fsp3) is 0.531. The van der Waals surface area contributed by atoms with Crippen LogP contribution in [0.3, 0.4) is 0 Å². The van der Waals surface area contributed by atoms with Gasteiger partial charge in [0.2, 0.25) is 0 Å². The fourth-order valence-corrected chi connectivity index (χ4v) is 4.84. The zero-order valence-electron chi connectivity index (χ0n) is 24.0. The number of rotatable bonds is 13. The molecule has 6 nitrogen and oxygen atoms in total. The molecule has 1 fully saturated rings. The predicted molar refractivity (Wildman–Crippen MR) is 160 cm³/mol. The second-order valence-corrected chi connectivity index (χ2v) is 10.0. The highest BCUT2D eigenvalue weighted by atomic mass is 16.5. The Kier molecular flexibility index (Phi) is 14.4. The van der Waals surface area contributed by atoms with Crippen molar-refractivity contribution < 1.29 is 9.53 Å². The molecule has 6 heteroatoms. The lowest BCUT2D eigenvalue weighted by atomic mass is 9.89. The molecule has 3 rings (SSSR count). The van der Waals surface area contributed by atoms with Crippen LogP contribution in [-0.2, 0) is 4.79 Å². The van der Waals surface area contributed by atoms with Crippen molar-refractivity contribution in [2.45, 2.75) is 98.0 Å². The van der Waals surface area contributed by atoms with Gasteiger partial charge in [0.25, 0.3) is 5.91 Å². The van der Waals surface area contributed by atoms with E-state index < -0.39 is 0 Å². The minimum absolute atomic E-state index is 0.105. The van der Waals surface area contributed by atoms with Crippen molar-refractivity contribution in [1.29, 1.82) is 0 Å². The van der Waals surface area contributed by atoms with Gasteiger partial charge in [-0.2, -0.15) is 0 Å². The molecule has 38 heavy (non-hydrogen) atoms. The van der Waals surface area contributed by atoms with Crippen LogP contribution in [0, 0.1) is 5.92 Å². The molecule has 0 aliphatic heterocycles. The monoisotopic (exact) mass is 522 g/mol. The summed E-state index contributed by atoms with van der Waals surface area (Å²) < 4.78 is 6.23. The number of carbonyl (C=O) groups is 1. The number of nitrogens with two attached hydrogens (primary N) is 2.